The third-order valence-corrected chi connectivity index (χ3v) is 3.22. The Kier molecular flexibility index (Phi) is 6.93. The molecule has 0 aromatic carbocycles. The van der Waals surface area contributed by atoms with Gasteiger partial charge in [0.2, 0.25) is 5.91 Å². The first-order valence-corrected chi connectivity index (χ1v) is 7.16. The van der Waals surface area contributed by atoms with Crippen LogP contribution in [0.15, 0.2) is 0 Å². The van der Waals surface area contributed by atoms with Crippen molar-refractivity contribution >= 4 is 17.9 Å². The molecular formula is C13H23N3O5. The van der Waals surface area contributed by atoms with Crippen molar-refractivity contribution in [2.75, 3.05) is 26.3 Å². The van der Waals surface area contributed by atoms with Gasteiger partial charge in [0.1, 0.15) is 12.1 Å². The van der Waals surface area contributed by atoms with E-state index in [-0.39, 0.29) is 19.1 Å². The number of carboxylic acid groups (broad SMARTS) is 1. The van der Waals surface area contributed by atoms with E-state index in [1.807, 2.05) is 6.92 Å². The number of carbonyl (C=O) groups excluding carboxylic acids is 2. The second-order valence-electron chi connectivity index (χ2n) is 4.81. The van der Waals surface area contributed by atoms with Gasteiger partial charge >= 0.3 is 12.0 Å². The summed E-state index contributed by atoms with van der Waals surface area (Å²) >= 11 is 0. The van der Waals surface area contributed by atoms with Crippen molar-refractivity contribution in [1.29, 1.82) is 0 Å². The molecule has 1 heterocycles. The Morgan fingerprint density at radius 2 is 2.10 bits per heavy atom. The van der Waals surface area contributed by atoms with E-state index in [0.717, 1.165) is 0 Å². The first-order valence-electron chi connectivity index (χ1n) is 7.16. The fourth-order valence-electron chi connectivity index (χ4n) is 2.13. The number of ether oxygens (including phenoxy) is 1. The Balaban J connectivity index is 2.72. The number of nitrogens with zero attached hydrogens (tertiary/aromatic N) is 1. The fraction of sp³-hybridized carbons (Fsp3) is 0.769. The highest BCUT2D eigenvalue weighted by molar-refractivity contribution is 5.89. The van der Waals surface area contributed by atoms with E-state index in [1.54, 1.807) is 6.92 Å². The Morgan fingerprint density at radius 3 is 2.67 bits per heavy atom. The largest absolute Gasteiger partial charge is 0.480 e. The van der Waals surface area contributed by atoms with Crippen molar-refractivity contribution in [3.8, 4) is 0 Å². The van der Waals surface area contributed by atoms with Gasteiger partial charge in [-0.15, -0.1) is 0 Å². The number of hydrogen-bond donors (Lipinski definition) is 3. The van der Waals surface area contributed by atoms with Crippen LogP contribution in [0, 0.1) is 0 Å². The summed E-state index contributed by atoms with van der Waals surface area (Å²) < 4.78 is 5.23. The number of morpholine rings is 1. The van der Waals surface area contributed by atoms with Gasteiger partial charge in [-0.3, -0.25) is 4.79 Å². The lowest BCUT2D eigenvalue weighted by molar-refractivity contribution is -0.139. The minimum Gasteiger partial charge on any atom is -0.480 e. The van der Waals surface area contributed by atoms with Crippen LogP contribution in [-0.4, -0.2) is 66.3 Å². The molecule has 2 atom stereocenters. The van der Waals surface area contributed by atoms with Gasteiger partial charge in [0.05, 0.1) is 13.2 Å². The van der Waals surface area contributed by atoms with Crippen LogP contribution in [-0.2, 0) is 14.3 Å². The molecule has 1 unspecified atom stereocenters. The van der Waals surface area contributed by atoms with E-state index in [2.05, 4.69) is 10.6 Å². The zero-order valence-electron chi connectivity index (χ0n) is 12.4. The number of nitrogens with one attached hydrogen (secondary N) is 2. The Labute approximate surface area is 123 Å². The molecule has 3 amide bonds. The molecule has 0 saturated carbocycles. The van der Waals surface area contributed by atoms with Gasteiger partial charge in [-0.25, -0.2) is 9.59 Å². The molecule has 21 heavy (non-hydrogen) atoms. The van der Waals surface area contributed by atoms with Gasteiger partial charge in [-0.1, -0.05) is 13.3 Å². The normalized spacial score (nSPS) is 19.7. The zero-order valence-corrected chi connectivity index (χ0v) is 12.4. The average Bonchev–Trinajstić information content (AvgIpc) is 2.46. The number of carbonyl (C=O) groups is 3. The van der Waals surface area contributed by atoms with Crippen LogP contribution in [0.25, 0.3) is 0 Å². The molecule has 0 aromatic heterocycles. The van der Waals surface area contributed by atoms with Crippen LogP contribution in [0.4, 0.5) is 4.79 Å². The maximum absolute atomic E-state index is 12.2. The van der Waals surface area contributed by atoms with E-state index in [1.165, 1.54) is 4.90 Å². The molecule has 1 aliphatic heterocycles. The molecule has 0 bridgehead atoms. The number of amides is 3. The van der Waals surface area contributed by atoms with Crippen LogP contribution in [0.2, 0.25) is 0 Å². The summed E-state index contributed by atoms with van der Waals surface area (Å²) in [7, 11) is 0. The third-order valence-electron chi connectivity index (χ3n) is 3.22. The fourth-order valence-corrected chi connectivity index (χ4v) is 2.13. The molecule has 120 valence electrons. The maximum Gasteiger partial charge on any atom is 0.326 e. The lowest BCUT2D eigenvalue weighted by atomic mass is 10.1. The standard InChI is InChI=1S/C13H23N3O5/c1-3-5-9(12(18)19)15-13(20)16-6-7-21-8-10(16)11(17)14-4-2/h9-10H,3-8H2,1-2H3,(H,14,17)(H,15,20)(H,18,19)/t9-,10?/m1/s1. The monoisotopic (exact) mass is 301 g/mol. The molecule has 8 nitrogen and oxygen atoms in total. The van der Waals surface area contributed by atoms with Crippen molar-refractivity contribution < 1.29 is 24.2 Å². The van der Waals surface area contributed by atoms with Crippen LogP contribution in [0.1, 0.15) is 26.7 Å². The summed E-state index contributed by atoms with van der Waals surface area (Å²) in [6.45, 7) is 4.78. The summed E-state index contributed by atoms with van der Waals surface area (Å²) in [6.07, 6.45) is 0.983. The summed E-state index contributed by atoms with van der Waals surface area (Å²) in [5.41, 5.74) is 0. The van der Waals surface area contributed by atoms with Crippen molar-refractivity contribution in [2.24, 2.45) is 0 Å². The molecule has 1 saturated heterocycles. The second kappa shape index (κ2) is 8.46. The molecule has 1 fully saturated rings. The number of rotatable bonds is 6. The van der Waals surface area contributed by atoms with Gasteiger partial charge in [-0.2, -0.15) is 0 Å². The lowest BCUT2D eigenvalue weighted by Crippen LogP contribution is -2.60. The Hall–Kier alpha value is -1.83. The van der Waals surface area contributed by atoms with Crippen LogP contribution in [0.5, 0.6) is 0 Å². The van der Waals surface area contributed by atoms with Gasteiger partial charge in [0.15, 0.2) is 0 Å². The quantitative estimate of drug-likeness (QED) is 0.629. The smallest absolute Gasteiger partial charge is 0.326 e. The molecule has 0 spiro atoms. The molecular weight excluding hydrogens is 278 g/mol. The van der Waals surface area contributed by atoms with Crippen molar-refractivity contribution in [2.45, 2.75) is 38.8 Å². The summed E-state index contributed by atoms with van der Waals surface area (Å²) in [4.78, 5) is 36.6. The minimum atomic E-state index is -1.08. The average molecular weight is 301 g/mol. The minimum absolute atomic E-state index is 0.116. The summed E-state index contributed by atoms with van der Waals surface area (Å²) in [6, 6.07) is -2.22. The number of likely N-dealkylation sites (N-methyl/N-ethyl adjacent to an activating group) is 1. The van der Waals surface area contributed by atoms with E-state index in [0.29, 0.717) is 26.0 Å². The number of aliphatic carboxylic acids is 1. The molecule has 0 aromatic rings. The first-order chi connectivity index (χ1) is 10.0. The molecule has 8 heteroatoms. The van der Waals surface area contributed by atoms with Crippen LogP contribution < -0.4 is 10.6 Å². The predicted octanol–water partition coefficient (Wildman–Crippen LogP) is -0.214. The Bertz CT molecular complexity index is 388. The highest BCUT2D eigenvalue weighted by Gasteiger charge is 2.34. The van der Waals surface area contributed by atoms with Crippen molar-refractivity contribution in [3.63, 3.8) is 0 Å². The molecule has 1 aliphatic rings. The van der Waals surface area contributed by atoms with Gasteiger partial charge in [0, 0.05) is 13.1 Å². The molecule has 0 radical (unpaired) electrons. The lowest BCUT2D eigenvalue weighted by Gasteiger charge is -2.35. The van der Waals surface area contributed by atoms with E-state index in [9.17, 15) is 14.4 Å². The van der Waals surface area contributed by atoms with Gasteiger partial charge in [0.25, 0.3) is 0 Å². The van der Waals surface area contributed by atoms with Gasteiger partial charge in [-0.05, 0) is 13.3 Å². The van der Waals surface area contributed by atoms with E-state index < -0.39 is 24.1 Å². The summed E-state index contributed by atoms with van der Waals surface area (Å²) in [5, 5.41) is 14.2. The molecule has 1 rings (SSSR count). The molecule has 3 N–H and O–H groups in total. The van der Waals surface area contributed by atoms with Gasteiger partial charge < -0.3 is 25.4 Å². The highest BCUT2D eigenvalue weighted by atomic mass is 16.5. The van der Waals surface area contributed by atoms with Crippen LogP contribution in [0.3, 0.4) is 0 Å². The summed E-state index contributed by atoms with van der Waals surface area (Å²) in [5.74, 6) is -1.37. The third kappa shape index (κ3) is 4.89. The second-order valence-corrected chi connectivity index (χ2v) is 4.81. The highest BCUT2D eigenvalue weighted by Crippen LogP contribution is 2.09. The van der Waals surface area contributed by atoms with Crippen LogP contribution >= 0.6 is 0 Å². The SMILES string of the molecule is CCC[C@@H](NC(=O)N1CCOCC1C(=O)NCC)C(=O)O. The first kappa shape index (κ1) is 17.2. The van der Waals surface area contributed by atoms with Crippen molar-refractivity contribution in [3.05, 3.63) is 0 Å². The predicted molar refractivity (Wildman–Crippen MR) is 74.9 cm³/mol. The topological polar surface area (TPSA) is 108 Å². The number of carboxylic acids is 1. The van der Waals surface area contributed by atoms with E-state index >= 15 is 0 Å². The number of urea groups is 1. The number of hydrogen-bond acceptors (Lipinski definition) is 4. The van der Waals surface area contributed by atoms with Crippen molar-refractivity contribution in [1.82, 2.24) is 15.5 Å². The zero-order chi connectivity index (χ0) is 15.8. The Morgan fingerprint density at radius 1 is 1.38 bits per heavy atom. The maximum atomic E-state index is 12.2. The molecule has 0 aliphatic carbocycles. The van der Waals surface area contributed by atoms with E-state index in [4.69, 9.17) is 9.84 Å².